The topological polar surface area (TPSA) is 38.7 Å². The van der Waals surface area contributed by atoms with E-state index in [1.165, 1.54) is 12.1 Å². The van der Waals surface area contributed by atoms with Crippen LogP contribution in [-0.2, 0) is 9.53 Å². The predicted molar refractivity (Wildman–Crippen MR) is 119 cm³/mol. The van der Waals surface area contributed by atoms with Gasteiger partial charge in [0.05, 0.1) is 17.7 Å². The van der Waals surface area contributed by atoms with E-state index in [4.69, 9.17) is 4.74 Å². The summed E-state index contributed by atoms with van der Waals surface area (Å²) in [6, 6.07) is 0. The Kier molecular flexibility index (Phi) is 8.32. The molecule has 0 N–H and O–H groups in total. The second-order valence-corrected chi connectivity index (χ2v) is 13.2. The first-order valence-corrected chi connectivity index (χ1v) is 12.0. The molecule has 0 spiro atoms. The van der Waals surface area contributed by atoms with E-state index in [2.05, 4.69) is 46.5 Å². The number of aliphatic imine (C=N–C) groups is 1. The molecular formula is C21H39NO2S2. The second-order valence-electron chi connectivity index (χ2n) is 10.1. The van der Waals surface area contributed by atoms with Gasteiger partial charge in [0.25, 0.3) is 0 Å². The molecule has 0 aliphatic carbocycles. The Bertz CT molecular complexity index is 517. The van der Waals surface area contributed by atoms with Crippen molar-refractivity contribution < 1.29 is 9.53 Å². The zero-order chi connectivity index (χ0) is 20.2. The minimum Gasteiger partial charge on any atom is -0.374 e. The van der Waals surface area contributed by atoms with Crippen molar-refractivity contribution in [3.63, 3.8) is 0 Å². The molecule has 0 amide bonds. The van der Waals surface area contributed by atoms with Gasteiger partial charge in [0.2, 0.25) is 0 Å². The van der Waals surface area contributed by atoms with E-state index in [0.29, 0.717) is 18.8 Å². The Morgan fingerprint density at radius 3 is 2.19 bits per heavy atom. The molecule has 152 valence electrons. The van der Waals surface area contributed by atoms with Crippen LogP contribution in [0.1, 0.15) is 88.0 Å². The van der Waals surface area contributed by atoms with Gasteiger partial charge >= 0.3 is 0 Å². The lowest BCUT2D eigenvalue weighted by Crippen LogP contribution is -2.33. The van der Waals surface area contributed by atoms with Crippen LogP contribution in [0.4, 0.5) is 0 Å². The average molecular weight is 402 g/mol. The van der Waals surface area contributed by atoms with Gasteiger partial charge in [-0.25, -0.2) is 0 Å². The normalized spacial score (nSPS) is 17.2. The summed E-state index contributed by atoms with van der Waals surface area (Å²) in [5.41, 5.74) is 1.00. The van der Waals surface area contributed by atoms with Gasteiger partial charge in [0.15, 0.2) is 0 Å². The smallest absolute Gasteiger partial charge is 0.138 e. The number of ketones is 1. The molecule has 0 unspecified atom stereocenters. The Morgan fingerprint density at radius 2 is 1.69 bits per heavy atom. The van der Waals surface area contributed by atoms with Gasteiger partial charge in [0.1, 0.15) is 5.78 Å². The van der Waals surface area contributed by atoms with Gasteiger partial charge in [-0.15, -0.1) is 0 Å². The van der Waals surface area contributed by atoms with Crippen molar-refractivity contribution in [1.82, 2.24) is 0 Å². The molecule has 0 aromatic carbocycles. The summed E-state index contributed by atoms with van der Waals surface area (Å²) in [5, 5.41) is 0. The third kappa shape index (κ3) is 9.27. The highest BCUT2D eigenvalue weighted by Crippen LogP contribution is 2.38. The van der Waals surface area contributed by atoms with Crippen LogP contribution in [0.25, 0.3) is 0 Å². The predicted octanol–water partition coefficient (Wildman–Crippen LogP) is 6.35. The van der Waals surface area contributed by atoms with Gasteiger partial charge in [-0.3, -0.25) is 9.79 Å². The fraction of sp³-hybridized carbons (Fsp3) is 0.905. The van der Waals surface area contributed by atoms with Crippen molar-refractivity contribution in [1.29, 1.82) is 0 Å². The zero-order valence-corrected chi connectivity index (χ0v) is 20.0. The number of Topliss-reactive ketones (excluding diaryl/α,β-unsaturated/α-hetero) is 1. The highest BCUT2D eigenvalue weighted by Gasteiger charge is 2.35. The first kappa shape index (κ1) is 24.0. The molecule has 0 aromatic heterocycles. The number of hydrogen-bond donors (Lipinski definition) is 0. The van der Waals surface area contributed by atoms with Gasteiger partial charge in [-0.1, -0.05) is 42.4 Å². The van der Waals surface area contributed by atoms with Gasteiger partial charge in [-0.05, 0) is 60.8 Å². The van der Waals surface area contributed by atoms with Crippen LogP contribution in [0, 0.1) is 5.41 Å². The third-order valence-electron chi connectivity index (χ3n) is 4.60. The van der Waals surface area contributed by atoms with E-state index in [1.807, 2.05) is 42.4 Å². The molecule has 3 nitrogen and oxygen atoms in total. The van der Waals surface area contributed by atoms with Crippen molar-refractivity contribution >= 4 is 33.1 Å². The second kappa shape index (κ2) is 9.00. The molecule has 1 aliphatic rings. The van der Waals surface area contributed by atoms with Crippen molar-refractivity contribution in [2.45, 2.75) is 104 Å². The van der Waals surface area contributed by atoms with Crippen molar-refractivity contribution in [3.8, 4) is 0 Å². The first-order chi connectivity index (χ1) is 11.6. The largest absolute Gasteiger partial charge is 0.374 e. The first-order valence-electron chi connectivity index (χ1n) is 9.72. The van der Waals surface area contributed by atoms with E-state index in [-0.39, 0.29) is 21.3 Å². The summed E-state index contributed by atoms with van der Waals surface area (Å²) in [7, 11) is 3.83. The number of rotatable bonds is 12. The Hall–Kier alpha value is -0.0000000000000000555. The SMILES string of the molecule is CC(C)(CCC(=O)C(C)(C)C)OCC(C)(C)SSCCCC1=NC1(C)C. The monoisotopic (exact) mass is 401 g/mol. The van der Waals surface area contributed by atoms with Crippen LogP contribution in [0.15, 0.2) is 4.99 Å². The summed E-state index contributed by atoms with van der Waals surface area (Å²) in [4.78, 5) is 16.6. The average Bonchev–Trinajstić information content (AvgIpc) is 3.09. The van der Waals surface area contributed by atoms with E-state index in [0.717, 1.165) is 18.6 Å². The van der Waals surface area contributed by atoms with Crippen molar-refractivity contribution in [3.05, 3.63) is 0 Å². The lowest BCUT2D eigenvalue weighted by atomic mass is 9.86. The molecular weight excluding hydrogens is 362 g/mol. The van der Waals surface area contributed by atoms with Crippen LogP contribution in [0.3, 0.4) is 0 Å². The van der Waals surface area contributed by atoms with Crippen LogP contribution in [-0.4, -0.2) is 39.7 Å². The van der Waals surface area contributed by atoms with E-state index in [9.17, 15) is 4.79 Å². The summed E-state index contributed by atoms with van der Waals surface area (Å²) < 4.78 is 6.25. The van der Waals surface area contributed by atoms with Crippen LogP contribution in [0.2, 0.25) is 0 Å². The fourth-order valence-corrected chi connectivity index (χ4v) is 4.90. The standard InChI is InChI=1S/C21H39NO2S2/c1-18(2,3)17(23)12-13-19(4,5)24-15-20(6,7)26-25-14-10-11-16-21(8,9)22-16/h10-15H2,1-9H3. The Balaban J connectivity index is 2.21. The third-order valence-corrected chi connectivity index (χ3v) is 7.95. The lowest BCUT2D eigenvalue weighted by molar-refractivity contribution is -0.128. The van der Waals surface area contributed by atoms with Crippen LogP contribution in [0.5, 0.6) is 0 Å². The maximum atomic E-state index is 12.1. The van der Waals surface area contributed by atoms with E-state index >= 15 is 0 Å². The molecule has 0 aromatic rings. The molecule has 0 atom stereocenters. The summed E-state index contributed by atoms with van der Waals surface area (Å²) in [5.74, 6) is 1.45. The van der Waals surface area contributed by atoms with Crippen LogP contribution >= 0.6 is 21.6 Å². The molecule has 1 rings (SSSR count). The molecule has 5 heteroatoms. The lowest BCUT2D eigenvalue weighted by Gasteiger charge is -2.32. The molecule has 0 radical (unpaired) electrons. The summed E-state index contributed by atoms with van der Waals surface area (Å²) in [6.45, 7) is 19.7. The van der Waals surface area contributed by atoms with Gasteiger partial charge in [-0.2, -0.15) is 0 Å². The number of hydrogen-bond acceptors (Lipinski definition) is 5. The maximum absolute atomic E-state index is 12.1. The fourth-order valence-electron chi connectivity index (χ4n) is 2.43. The molecule has 1 heterocycles. The molecule has 0 fully saturated rings. The molecule has 0 bridgehead atoms. The molecule has 1 aliphatic heterocycles. The molecule has 0 saturated heterocycles. The van der Waals surface area contributed by atoms with Gasteiger partial charge < -0.3 is 4.74 Å². The Labute approximate surface area is 169 Å². The molecule has 0 saturated carbocycles. The van der Waals surface area contributed by atoms with E-state index < -0.39 is 0 Å². The Morgan fingerprint density at radius 1 is 1.12 bits per heavy atom. The minimum absolute atomic E-state index is 0.0618. The maximum Gasteiger partial charge on any atom is 0.138 e. The molecule has 26 heavy (non-hydrogen) atoms. The van der Waals surface area contributed by atoms with E-state index in [1.54, 1.807) is 0 Å². The summed E-state index contributed by atoms with van der Waals surface area (Å²) >= 11 is 0. The summed E-state index contributed by atoms with van der Waals surface area (Å²) in [6.07, 6.45) is 3.68. The quantitative estimate of drug-likeness (QED) is 0.282. The van der Waals surface area contributed by atoms with Crippen molar-refractivity contribution in [2.75, 3.05) is 12.4 Å². The number of ether oxygens (including phenoxy) is 1. The number of nitrogens with zero attached hydrogens (tertiary/aromatic N) is 1. The highest BCUT2D eigenvalue weighted by atomic mass is 33.1. The zero-order valence-electron chi connectivity index (χ0n) is 18.3. The van der Waals surface area contributed by atoms with Gasteiger partial charge in [0, 0.05) is 28.0 Å². The van der Waals surface area contributed by atoms with Crippen LogP contribution < -0.4 is 0 Å². The number of carbonyl (C=O) groups excluding carboxylic acids is 1. The van der Waals surface area contributed by atoms with Crippen molar-refractivity contribution in [2.24, 2.45) is 10.4 Å². The highest BCUT2D eigenvalue weighted by molar-refractivity contribution is 8.77. The minimum atomic E-state index is -0.265. The number of carbonyl (C=O) groups is 1.